The van der Waals surface area contributed by atoms with E-state index in [2.05, 4.69) is 4.90 Å². The third kappa shape index (κ3) is 3.42. The molecule has 7 N–H and O–H groups in total. The second-order valence-electron chi connectivity index (χ2n) is 5.01. The summed E-state index contributed by atoms with van der Waals surface area (Å²) in [7, 11) is 1.00. The number of rotatable bonds is 3. The maximum Gasteiger partial charge on any atom is 0.0814 e. The number of aliphatic hydroxyl groups is 1. The molecule has 0 saturated carbocycles. The molecule has 0 fully saturated rings. The summed E-state index contributed by atoms with van der Waals surface area (Å²) < 4.78 is 0. The Hall–Kier alpha value is -3.18. The lowest BCUT2D eigenvalue weighted by molar-refractivity contribution is 0.399. The zero-order valence-electron chi connectivity index (χ0n) is 13.6. The lowest BCUT2D eigenvalue weighted by Crippen LogP contribution is -2.13. The topological polar surface area (TPSA) is 102 Å². The molecule has 0 aliphatic heterocycles. The molecule has 0 radical (unpaired) electrons. The molecule has 0 aliphatic carbocycles. The molecular weight excluding hydrogens is 300 g/mol. The molecule has 0 spiro atoms. The Morgan fingerprint density at radius 2 is 1.08 bits per heavy atom. The van der Waals surface area contributed by atoms with Gasteiger partial charge >= 0.3 is 0 Å². The van der Waals surface area contributed by atoms with Crippen molar-refractivity contribution >= 4 is 34.1 Å². The van der Waals surface area contributed by atoms with Gasteiger partial charge < -0.3 is 27.2 Å². The summed E-state index contributed by atoms with van der Waals surface area (Å²) in [6.07, 6.45) is 0. The highest BCUT2D eigenvalue weighted by molar-refractivity contribution is 5.93. The molecule has 3 aromatic rings. The number of hydrogen-bond acceptors (Lipinski definition) is 5. The van der Waals surface area contributed by atoms with Crippen molar-refractivity contribution in [1.82, 2.24) is 0 Å². The monoisotopic (exact) mass is 322 g/mol. The Balaban J connectivity index is 0.00000100. The molecule has 0 bridgehead atoms. The Bertz CT molecular complexity index is 737. The summed E-state index contributed by atoms with van der Waals surface area (Å²) in [4.78, 5) is 2.06. The predicted molar refractivity (Wildman–Crippen MR) is 103 cm³/mol. The van der Waals surface area contributed by atoms with Crippen molar-refractivity contribution in [3.63, 3.8) is 0 Å². The van der Waals surface area contributed by atoms with Gasteiger partial charge in [-0.3, -0.25) is 0 Å². The van der Waals surface area contributed by atoms with Crippen molar-refractivity contribution in [1.29, 1.82) is 0 Å². The average Bonchev–Trinajstić information content (AvgIpc) is 2.65. The van der Waals surface area contributed by atoms with Gasteiger partial charge in [-0.15, -0.1) is 0 Å². The molecule has 0 saturated heterocycles. The molecule has 3 aromatic carbocycles. The molecule has 5 nitrogen and oxygen atoms in total. The summed E-state index contributed by atoms with van der Waals surface area (Å²) in [6, 6.07) is 23.7. The van der Waals surface area contributed by atoms with E-state index in [4.69, 9.17) is 22.3 Å². The van der Waals surface area contributed by atoms with Gasteiger partial charge in [0.05, 0.1) is 22.7 Å². The SMILES string of the molecule is CO.Nc1ccc(N(c2ccccc2)c2ccccc2)c(N)c1N. The van der Waals surface area contributed by atoms with Crippen LogP contribution in [0, 0.1) is 0 Å². The molecular formula is C19H22N4O. The first-order chi connectivity index (χ1) is 11.7. The normalized spacial score (nSPS) is 9.75. The Labute approximate surface area is 141 Å². The Morgan fingerprint density at radius 1 is 0.625 bits per heavy atom. The van der Waals surface area contributed by atoms with Crippen LogP contribution in [-0.4, -0.2) is 12.2 Å². The van der Waals surface area contributed by atoms with E-state index in [1.807, 2.05) is 66.7 Å². The number of para-hydroxylation sites is 2. The highest BCUT2D eigenvalue weighted by atomic mass is 16.2. The lowest BCUT2D eigenvalue weighted by atomic mass is 10.1. The third-order valence-corrected chi connectivity index (χ3v) is 3.57. The first kappa shape index (κ1) is 17.2. The van der Waals surface area contributed by atoms with Crippen LogP contribution in [0.5, 0.6) is 0 Å². The van der Waals surface area contributed by atoms with Crippen molar-refractivity contribution in [2.45, 2.75) is 0 Å². The number of benzene rings is 3. The minimum atomic E-state index is 0.411. The van der Waals surface area contributed by atoms with E-state index in [1.165, 1.54) is 0 Å². The van der Waals surface area contributed by atoms with Gasteiger partial charge in [-0.2, -0.15) is 0 Å². The highest BCUT2D eigenvalue weighted by Crippen LogP contribution is 2.41. The average molecular weight is 322 g/mol. The van der Waals surface area contributed by atoms with E-state index < -0.39 is 0 Å². The molecule has 3 rings (SSSR count). The fourth-order valence-electron chi connectivity index (χ4n) is 2.42. The van der Waals surface area contributed by atoms with Gasteiger partial charge in [-0.05, 0) is 36.4 Å². The van der Waals surface area contributed by atoms with E-state index in [0.29, 0.717) is 17.1 Å². The smallest absolute Gasteiger partial charge is 0.0814 e. The van der Waals surface area contributed by atoms with Crippen LogP contribution in [0.4, 0.5) is 34.1 Å². The van der Waals surface area contributed by atoms with Gasteiger partial charge in [0.1, 0.15) is 0 Å². The van der Waals surface area contributed by atoms with Crippen LogP contribution in [0.1, 0.15) is 0 Å². The van der Waals surface area contributed by atoms with E-state index >= 15 is 0 Å². The van der Waals surface area contributed by atoms with Gasteiger partial charge in [-0.1, -0.05) is 36.4 Å². The molecule has 5 heteroatoms. The molecule has 0 aliphatic rings. The maximum absolute atomic E-state index is 7.00. The molecule has 0 heterocycles. The molecule has 0 atom stereocenters. The summed E-state index contributed by atoms with van der Waals surface area (Å²) in [5, 5.41) is 7.00. The van der Waals surface area contributed by atoms with Crippen molar-refractivity contribution in [2.75, 3.05) is 29.2 Å². The fraction of sp³-hybridized carbons (Fsp3) is 0.0526. The highest BCUT2D eigenvalue weighted by Gasteiger charge is 2.16. The fourth-order valence-corrected chi connectivity index (χ4v) is 2.42. The van der Waals surface area contributed by atoms with Crippen molar-refractivity contribution in [3.05, 3.63) is 72.8 Å². The standard InChI is InChI=1S/C18H18N4.CH4O/c19-15-11-12-16(18(21)17(15)20)22(13-7-3-1-4-8-13)14-9-5-2-6-10-14;1-2/h1-12H,19-21H2;2H,1H3. The molecule has 0 unspecified atom stereocenters. The molecule has 24 heavy (non-hydrogen) atoms. The predicted octanol–water partition coefficient (Wildman–Crippen LogP) is 3.51. The number of nitrogens with two attached hydrogens (primary N) is 3. The number of nitrogen functional groups attached to an aromatic ring is 3. The summed E-state index contributed by atoms with van der Waals surface area (Å²) in [5.41, 5.74) is 22.3. The van der Waals surface area contributed by atoms with Crippen LogP contribution in [-0.2, 0) is 0 Å². The van der Waals surface area contributed by atoms with E-state index in [1.54, 1.807) is 6.07 Å². The zero-order valence-corrected chi connectivity index (χ0v) is 13.6. The van der Waals surface area contributed by atoms with E-state index in [-0.39, 0.29) is 0 Å². The first-order valence-corrected chi connectivity index (χ1v) is 7.47. The van der Waals surface area contributed by atoms with Crippen LogP contribution in [0.25, 0.3) is 0 Å². The number of nitrogens with zero attached hydrogens (tertiary/aromatic N) is 1. The number of anilines is 6. The summed E-state index contributed by atoms with van der Waals surface area (Å²) in [6.45, 7) is 0. The minimum absolute atomic E-state index is 0.411. The van der Waals surface area contributed by atoms with Gasteiger partial charge in [0, 0.05) is 18.5 Å². The lowest BCUT2D eigenvalue weighted by Gasteiger charge is -2.27. The van der Waals surface area contributed by atoms with Crippen molar-refractivity contribution in [2.24, 2.45) is 0 Å². The largest absolute Gasteiger partial charge is 0.400 e. The van der Waals surface area contributed by atoms with Crippen LogP contribution < -0.4 is 22.1 Å². The third-order valence-electron chi connectivity index (χ3n) is 3.57. The number of aliphatic hydroxyl groups excluding tert-OH is 1. The van der Waals surface area contributed by atoms with Gasteiger partial charge in [0.15, 0.2) is 0 Å². The van der Waals surface area contributed by atoms with E-state index in [0.717, 1.165) is 24.2 Å². The maximum atomic E-state index is 7.00. The Kier molecular flexibility index (Phi) is 5.65. The first-order valence-electron chi connectivity index (χ1n) is 7.47. The second-order valence-corrected chi connectivity index (χ2v) is 5.01. The van der Waals surface area contributed by atoms with Crippen LogP contribution >= 0.6 is 0 Å². The van der Waals surface area contributed by atoms with Crippen LogP contribution in [0.15, 0.2) is 72.8 Å². The Morgan fingerprint density at radius 3 is 1.54 bits per heavy atom. The van der Waals surface area contributed by atoms with E-state index in [9.17, 15) is 0 Å². The quantitative estimate of drug-likeness (QED) is 0.553. The molecule has 124 valence electrons. The van der Waals surface area contributed by atoms with Gasteiger partial charge in [0.25, 0.3) is 0 Å². The van der Waals surface area contributed by atoms with Crippen LogP contribution in [0.2, 0.25) is 0 Å². The second kappa shape index (κ2) is 7.89. The molecule has 0 amide bonds. The van der Waals surface area contributed by atoms with Crippen LogP contribution in [0.3, 0.4) is 0 Å². The summed E-state index contributed by atoms with van der Waals surface area (Å²) >= 11 is 0. The number of hydrogen-bond donors (Lipinski definition) is 4. The van der Waals surface area contributed by atoms with Crippen molar-refractivity contribution in [3.8, 4) is 0 Å². The van der Waals surface area contributed by atoms with Crippen molar-refractivity contribution < 1.29 is 5.11 Å². The zero-order chi connectivity index (χ0) is 17.5. The summed E-state index contributed by atoms with van der Waals surface area (Å²) in [5.74, 6) is 0. The molecule has 0 aromatic heterocycles. The minimum Gasteiger partial charge on any atom is -0.400 e. The van der Waals surface area contributed by atoms with Gasteiger partial charge in [0.2, 0.25) is 0 Å². The van der Waals surface area contributed by atoms with Gasteiger partial charge in [-0.25, -0.2) is 0 Å².